The van der Waals surface area contributed by atoms with Crippen molar-refractivity contribution < 1.29 is 0 Å². The number of allylic oxidation sites excluding steroid dienone is 2. The lowest BCUT2D eigenvalue weighted by atomic mass is 9.65. The van der Waals surface area contributed by atoms with Crippen LogP contribution in [0.2, 0.25) is 0 Å². The highest BCUT2D eigenvalue weighted by Gasteiger charge is 2.34. The summed E-state index contributed by atoms with van der Waals surface area (Å²) < 4.78 is 0. The van der Waals surface area contributed by atoms with E-state index in [1.54, 1.807) is 0 Å². The fraction of sp³-hybridized carbons (Fsp3) is 0.800. The SMILES string of the molecule is CCC(CC)C(C)(C)C1C=CC(=NC)CC1. The third-order valence-corrected chi connectivity index (χ3v) is 4.51. The van der Waals surface area contributed by atoms with E-state index in [9.17, 15) is 0 Å². The van der Waals surface area contributed by atoms with Gasteiger partial charge >= 0.3 is 0 Å². The molecule has 0 heterocycles. The topological polar surface area (TPSA) is 12.4 Å². The first-order valence-corrected chi connectivity index (χ1v) is 6.70. The molecule has 1 atom stereocenters. The lowest BCUT2D eigenvalue weighted by Gasteiger charge is -2.40. The highest BCUT2D eigenvalue weighted by molar-refractivity contribution is 5.95. The van der Waals surface area contributed by atoms with E-state index in [0.717, 1.165) is 18.3 Å². The average Bonchev–Trinajstić information content (AvgIpc) is 2.30. The first-order valence-electron chi connectivity index (χ1n) is 6.70. The summed E-state index contributed by atoms with van der Waals surface area (Å²) in [6, 6.07) is 0. The summed E-state index contributed by atoms with van der Waals surface area (Å²) >= 11 is 0. The molecular formula is C15H27N. The first-order chi connectivity index (χ1) is 7.56. The first kappa shape index (κ1) is 13.5. The van der Waals surface area contributed by atoms with E-state index in [1.165, 1.54) is 25.0 Å². The van der Waals surface area contributed by atoms with Crippen molar-refractivity contribution in [3.05, 3.63) is 12.2 Å². The summed E-state index contributed by atoms with van der Waals surface area (Å²) in [7, 11) is 1.89. The average molecular weight is 221 g/mol. The summed E-state index contributed by atoms with van der Waals surface area (Å²) in [6.45, 7) is 9.52. The maximum absolute atomic E-state index is 4.28. The second kappa shape index (κ2) is 5.65. The summed E-state index contributed by atoms with van der Waals surface area (Å²) in [4.78, 5) is 4.28. The van der Waals surface area contributed by atoms with E-state index in [1.807, 2.05) is 7.05 Å². The van der Waals surface area contributed by atoms with Gasteiger partial charge in [-0.1, -0.05) is 46.6 Å². The van der Waals surface area contributed by atoms with Crippen LogP contribution in [0.3, 0.4) is 0 Å². The zero-order valence-electron chi connectivity index (χ0n) is 11.6. The zero-order chi connectivity index (χ0) is 12.2. The molecule has 0 spiro atoms. The fourth-order valence-corrected chi connectivity index (χ4v) is 3.16. The Labute approximate surface area is 101 Å². The van der Waals surface area contributed by atoms with Crippen molar-refractivity contribution in [1.29, 1.82) is 0 Å². The predicted octanol–water partition coefficient (Wildman–Crippen LogP) is 4.49. The van der Waals surface area contributed by atoms with Gasteiger partial charge in [-0.25, -0.2) is 0 Å². The summed E-state index contributed by atoms with van der Waals surface area (Å²) in [5, 5.41) is 0. The summed E-state index contributed by atoms with van der Waals surface area (Å²) in [5.41, 5.74) is 1.69. The number of hydrogen-bond donors (Lipinski definition) is 0. The molecule has 0 fully saturated rings. The molecule has 1 aliphatic rings. The van der Waals surface area contributed by atoms with E-state index in [4.69, 9.17) is 0 Å². The number of rotatable bonds is 4. The van der Waals surface area contributed by atoms with Crippen LogP contribution in [-0.2, 0) is 0 Å². The van der Waals surface area contributed by atoms with Crippen LogP contribution in [0.1, 0.15) is 53.4 Å². The van der Waals surface area contributed by atoms with Gasteiger partial charge in [-0.2, -0.15) is 0 Å². The minimum atomic E-state index is 0.430. The molecular weight excluding hydrogens is 194 g/mol. The van der Waals surface area contributed by atoms with Gasteiger partial charge < -0.3 is 0 Å². The molecule has 16 heavy (non-hydrogen) atoms. The molecule has 0 radical (unpaired) electrons. The second-order valence-electron chi connectivity index (χ2n) is 5.55. The van der Waals surface area contributed by atoms with Crippen LogP contribution in [0.4, 0.5) is 0 Å². The standard InChI is InChI=1S/C15H27N/c1-6-12(7-2)15(3,4)13-8-10-14(16-5)11-9-13/h8,10,12-13H,6-7,9,11H2,1-5H3. The molecule has 1 unspecified atom stereocenters. The quantitative estimate of drug-likeness (QED) is 0.663. The molecule has 1 nitrogen and oxygen atoms in total. The van der Waals surface area contributed by atoms with Gasteiger partial charge in [0.2, 0.25) is 0 Å². The maximum atomic E-state index is 4.28. The minimum absolute atomic E-state index is 0.430. The minimum Gasteiger partial charge on any atom is -0.293 e. The second-order valence-corrected chi connectivity index (χ2v) is 5.55. The van der Waals surface area contributed by atoms with Crippen molar-refractivity contribution >= 4 is 5.71 Å². The van der Waals surface area contributed by atoms with Crippen LogP contribution in [0.15, 0.2) is 17.1 Å². The Kier molecular flexibility index (Phi) is 4.76. The van der Waals surface area contributed by atoms with Crippen molar-refractivity contribution in [3.63, 3.8) is 0 Å². The predicted molar refractivity (Wildman–Crippen MR) is 73.1 cm³/mol. The van der Waals surface area contributed by atoms with Crippen LogP contribution >= 0.6 is 0 Å². The molecule has 0 aromatic heterocycles. The zero-order valence-corrected chi connectivity index (χ0v) is 11.6. The Morgan fingerprint density at radius 1 is 1.38 bits per heavy atom. The van der Waals surface area contributed by atoms with E-state index >= 15 is 0 Å². The monoisotopic (exact) mass is 221 g/mol. The lowest BCUT2D eigenvalue weighted by molar-refractivity contribution is 0.129. The van der Waals surface area contributed by atoms with Gasteiger partial charge in [0.15, 0.2) is 0 Å². The number of hydrogen-bond acceptors (Lipinski definition) is 1. The van der Waals surface area contributed by atoms with Gasteiger partial charge in [-0.15, -0.1) is 0 Å². The van der Waals surface area contributed by atoms with Gasteiger partial charge in [0.05, 0.1) is 0 Å². The van der Waals surface area contributed by atoms with Gasteiger partial charge in [-0.05, 0) is 36.2 Å². The molecule has 0 aromatic rings. The van der Waals surface area contributed by atoms with Crippen molar-refractivity contribution in [2.75, 3.05) is 7.05 Å². The summed E-state index contributed by atoms with van der Waals surface area (Å²) in [6.07, 6.45) is 9.64. The number of aliphatic imine (C=N–C) groups is 1. The summed E-state index contributed by atoms with van der Waals surface area (Å²) in [5.74, 6) is 1.56. The number of nitrogens with zero attached hydrogens (tertiary/aromatic N) is 1. The largest absolute Gasteiger partial charge is 0.293 e. The third-order valence-electron chi connectivity index (χ3n) is 4.51. The highest BCUT2D eigenvalue weighted by atomic mass is 14.7. The maximum Gasteiger partial charge on any atom is 0.0342 e. The van der Waals surface area contributed by atoms with Crippen LogP contribution in [0.5, 0.6) is 0 Å². The van der Waals surface area contributed by atoms with Gasteiger partial charge in [0, 0.05) is 12.8 Å². The molecule has 1 rings (SSSR count). The smallest absolute Gasteiger partial charge is 0.0342 e. The molecule has 1 heteroatoms. The molecule has 0 N–H and O–H groups in total. The normalized spacial score (nSPS) is 24.4. The van der Waals surface area contributed by atoms with E-state index < -0.39 is 0 Å². The van der Waals surface area contributed by atoms with Crippen LogP contribution < -0.4 is 0 Å². The fourth-order valence-electron chi connectivity index (χ4n) is 3.16. The van der Waals surface area contributed by atoms with Gasteiger partial charge in [0.1, 0.15) is 0 Å². The van der Waals surface area contributed by atoms with Crippen LogP contribution in [0.25, 0.3) is 0 Å². The molecule has 1 aliphatic carbocycles. The van der Waals surface area contributed by atoms with E-state index in [2.05, 4.69) is 44.8 Å². The Morgan fingerprint density at radius 2 is 2.00 bits per heavy atom. The molecule has 0 aliphatic heterocycles. The third kappa shape index (κ3) is 2.75. The van der Waals surface area contributed by atoms with Crippen molar-refractivity contribution in [3.8, 4) is 0 Å². The lowest BCUT2D eigenvalue weighted by Crippen LogP contribution is -2.32. The Hall–Kier alpha value is -0.590. The Bertz CT molecular complexity index is 269. The highest BCUT2D eigenvalue weighted by Crippen LogP contribution is 2.43. The Morgan fingerprint density at radius 3 is 2.38 bits per heavy atom. The molecule has 0 bridgehead atoms. The van der Waals surface area contributed by atoms with Crippen molar-refractivity contribution in [2.45, 2.75) is 53.4 Å². The molecule has 0 amide bonds. The van der Waals surface area contributed by atoms with Gasteiger partial charge in [0.25, 0.3) is 0 Å². The molecule has 92 valence electrons. The van der Waals surface area contributed by atoms with Gasteiger partial charge in [-0.3, -0.25) is 4.99 Å². The molecule has 0 saturated heterocycles. The Balaban J connectivity index is 2.77. The van der Waals surface area contributed by atoms with Crippen LogP contribution in [-0.4, -0.2) is 12.8 Å². The molecule has 0 saturated carbocycles. The van der Waals surface area contributed by atoms with E-state index in [-0.39, 0.29) is 0 Å². The van der Waals surface area contributed by atoms with Crippen LogP contribution in [0, 0.1) is 17.3 Å². The van der Waals surface area contributed by atoms with Crippen molar-refractivity contribution in [2.24, 2.45) is 22.2 Å². The van der Waals surface area contributed by atoms with Crippen molar-refractivity contribution in [1.82, 2.24) is 0 Å². The van der Waals surface area contributed by atoms with E-state index in [0.29, 0.717) is 5.41 Å². The molecule has 0 aromatic carbocycles.